The predicted octanol–water partition coefficient (Wildman–Crippen LogP) is 3.34. The van der Waals surface area contributed by atoms with Crippen molar-refractivity contribution in [2.24, 2.45) is 0 Å². The lowest BCUT2D eigenvalue weighted by Crippen LogP contribution is -2.18. The molecule has 0 amide bonds. The predicted molar refractivity (Wildman–Crippen MR) is 80.0 cm³/mol. The minimum atomic E-state index is 0.301. The highest BCUT2D eigenvalue weighted by molar-refractivity contribution is 6.31. The van der Waals surface area contributed by atoms with Crippen LogP contribution in [0, 0.1) is 0 Å². The van der Waals surface area contributed by atoms with E-state index in [1.54, 1.807) is 6.20 Å². The van der Waals surface area contributed by atoms with E-state index < -0.39 is 0 Å². The van der Waals surface area contributed by atoms with E-state index in [-0.39, 0.29) is 0 Å². The van der Waals surface area contributed by atoms with Gasteiger partial charge in [-0.1, -0.05) is 11.6 Å². The maximum atomic E-state index is 6.00. The molecule has 6 heteroatoms. The second-order valence-electron chi connectivity index (χ2n) is 4.97. The molecule has 104 valence electrons. The van der Waals surface area contributed by atoms with Gasteiger partial charge in [0.1, 0.15) is 11.3 Å². The van der Waals surface area contributed by atoms with E-state index >= 15 is 0 Å². The van der Waals surface area contributed by atoms with Gasteiger partial charge in [0.25, 0.3) is 0 Å². The maximum absolute atomic E-state index is 6.00. The van der Waals surface area contributed by atoms with Crippen molar-refractivity contribution in [3.05, 3.63) is 23.1 Å². The van der Waals surface area contributed by atoms with Gasteiger partial charge >= 0.3 is 0 Å². The maximum Gasteiger partial charge on any atom is 0.160 e. The van der Waals surface area contributed by atoms with Gasteiger partial charge in [-0.3, -0.25) is 0 Å². The number of nitrogens with zero attached hydrogens (tertiary/aromatic N) is 4. The fraction of sp³-hybridized carbons (Fsp3) is 0.538. The number of aromatic nitrogens is 3. The molecule has 0 aliphatic heterocycles. The molecule has 0 radical (unpaired) electrons. The number of rotatable bonds is 5. The molecule has 0 saturated heterocycles. The first-order chi connectivity index (χ1) is 9.02. The first kappa shape index (κ1) is 14.6. The molecule has 0 saturated carbocycles. The molecule has 2 rings (SSSR count). The van der Waals surface area contributed by atoms with E-state index in [9.17, 15) is 0 Å². The monoisotopic (exact) mass is 300 g/mol. The normalized spacial score (nSPS) is 13.4. The lowest BCUT2D eigenvalue weighted by Gasteiger charge is -2.18. The van der Waals surface area contributed by atoms with Gasteiger partial charge in [-0.15, -0.1) is 11.6 Å². The molecule has 0 aliphatic carbocycles. The molecule has 0 bridgehead atoms. The second-order valence-corrected chi connectivity index (χ2v) is 5.67. The number of halogens is 2. The highest BCUT2D eigenvalue weighted by Gasteiger charge is 2.16. The van der Waals surface area contributed by atoms with Crippen molar-refractivity contribution in [2.75, 3.05) is 20.6 Å². The number of fused-ring (bicyclic) bond motifs is 1. The molecule has 0 fully saturated rings. The number of pyridine rings is 1. The zero-order valence-electron chi connectivity index (χ0n) is 11.4. The van der Waals surface area contributed by atoms with Gasteiger partial charge in [-0.05, 0) is 40.1 Å². The fourth-order valence-electron chi connectivity index (χ4n) is 2.14. The van der Waals surface area contributed by atoms with Gasteiger partial charge in [0.2, 0.25) is 0 Å². The molecule has 1 unspecified atom stereocenters. The van der Waals surface area contributed by atoms with Crippen molar-refractivity contribution < 1.29 is 0 Å². The molecule has 0 spiro atoms. The Labute approximate surface area is 123 Å². The number of hydrogen-bond acceptors (Lipinski definition) is 3. The van der Waals surface area contributed by atoms with Crippen LogP contribution in [0.2, 0.25) is 5.02 Å². The van der Waals surface area contributed by atoms with E-state index in [0.29, 0.717) is 16.9 Å². The summed E-state index contributed by atoms with van der Waals surface area (Å²) in [6, 6.07) is 2.13. The second kappa shape index (κ2) is 6.07. The summed E-state index contributed by atoms with van der Waals surface area (Å²) in [5.41, 5.74) is 1.66. The third kappa shape index (κ3) is 3.19. The lowest BCUT2D eigenvalue weighted by atomic mass is 10.2. The molecule has 0 aliphatic rings. The average molecular weight is 301 g/mol. The van der Waals surface area contributed by atoms with E-state index in [0.717, 1.165) is 30.0 Å². The Morgan fingerprint density at radius 3 is 2.79 bits per heavy atom. The number of imidazole rings is 1. The van der Waals surface area contributed by atoms with Crippen molar-refractivity contribution in [1.29, 1.82) is 0 Å². The fourth-order valence-corrected chi connectivity index (χ4v) is 2.48. The van der Waals surface area contributed by atoms with Crippen molar-refractivity contribution in [2.45, 2.75) is 25.3 Å². The molecular weight excluding hydrogens is 283 g/mol. The van der Waals surface area contributed by atoms with Crippen LogP contribution in [0.3, 0.4) is 0 Å². The van der Waals surface area contributed by atoms with Crippen LogP contribution in [0.25, 0.3) is 11.2 Å². The van der Waals surface area contributed by atoms with Gasteiger partial charge in [-0.2, -0.15) is 0 Å². The zero-order valence-corrected chi connectivity index (χ0v) is 12.9. The van der Waals surface area contributed by atoms with Gasteiger partial charge in [0.15, 0.2) is 5.65 Å². The van der Waals surface area contributed by atoms with Crippen molar-refractivity contribution in [3.63, 3.8) is 0 Å². The molecule has 0 N–H and O–H groups in total. The Bertz CT molecular complexity index is 565. The Hall–Kier alpha value is -0.840. The molecule has 2 heterocycles. The molecule has 1 atom stereocenters. The Morgan fingerprint density at radius 2 is 2.16 bits per heavy atom. The molecule has 2 aromatic heterocycles. The molecule has 19 heavy (non-hydrogen) atoms. The van der Waals surface area contributed by atoms with Crippen LogP contribution in [0.5, 0.6) is 0 Å². The third-order valence-corrected chi connectivity index (χ3v) is 3.57. The SMILES string of the molecule is CC(CCN(C)C)n1c(CCl)nc2cc(Cl)cnc21. The summed E-state index contributed by atoms with van der Waals surface area (Å²) in [5, 5.41) is 0.596. The smallest absolute Gasteiger partial charge is 0.160 e. The number of hydrogen-bond donors (Lipinski definition) is 0. The van der Waals surface area contributed by atoms with Crippen molar-refractivity contribution in [3.8, 4) is 0 Å². The first-order valence-corrected chi connectivity index (χ1v) is 7.17. The molecule has 0 aromatic carbocycles. The zero-order chi connectivity index (χ0) is 14.0. The van der Waals surface area contributed by atoms with Crippen LogP contribution in [0.4, 0.5) is 0 Å². The van der Waals surface area contributed by atoms with Crippen LogP contribution in [0.1, 0.15) is 25.2 Å². The summed E-state index contributed by atoms with van der Waals surface area (Å²) in [4.78, 5) is 11.1. The standard InChI is InChI=1S/C13H18Cl2N4/c1-9(4-5-18(2)3)19-12(7-14)17-11-6-10(15)8-16-13(11)19/h6,8-9H,4-5,7H2,1-3H3. The molecule has 2 aromatic rings. The van der Waals surface area contributed by atoms with E-state index in [4.69, 9.17) is 23.2 Å². The summed E-state index contributed by atoms with van der Waals surface area (Å²) in [6.45, 7) is 3.17. The molecular formula is C13H18Cl2N4. The van der Waals surface area contributed by atoms with Gasteiger partial charge in [0.05, 0.1) is 10.9 Å². The van der Waals surface area contributed by atoms with Crippen LogP contribution in [-0.2, 0) is 5.88 Å². The molecule has 4 nitrogen and oxygen atoms in total. The highest BCUT2D eigenvalue weighted by Crippen LogP contribution is 2.24. The number of alkyl halides is 1. The summed E-state index contributed by atoms with van der Waals surface area (Å²) >= 11 is 11.9. The van der Waals surface area contributed by atoms with E-state index in [1.807, 2.05) is 6.07 Å². The Balaban J connectivity index is 2.39. The summed E-state index contributed by atoms with van der Waals surface area (Å²) in [6.07, 6.45) is 2.67. The van der Waals surface area contributed by atoms with Crippen LogP contribution in [0.15, 0.2) is 12.3 Å². The van der Waals surface area contributed by atoms with Crippen LogP contribution in [-0.4, -0.2) is 40.1 Å². The lowest BCUT2D eigenvalue weighted by molar-refractivity contribution is 0.358. The Morgan fingerprint density at radius 1 is 1.42 bits per heavy atom. The van der Waals surface area contributed by atoms with Gasteiger partial charge in [-0.25, -0.2) is 9.97 Å². The minimum Gasteiger partial charge on any atom is -0.309 e. The van der Waals surface area contributed by atoms with Gasteiger partial charge < -0.3 is 9.47 Å². The minimum absolute atomic E-state index is 0.301. The topological polar surface area (TPSA) is 34.0 Å². The summed E-state index contributed by atoms with van der Waals surface area (Å²) in [5.74, 6) is 1.22. The summed E-state index contributed by atoms with van der Waals surface area (Å²) in [7, 11) is 4.14. The summed E-state index contributed by atoms with van der Waals surface area (Å²) < 4.78 is 2.11. The van der Waals surface area contributed by atoms with Crippen LogP contribution >= 0.6 is 23.2 Å². The highest BCUT2D eigenvalue weighted by atomic mass is 35.5. The van der Waals surface area contributed by atoms with Crippen molar-refractivity contribution in [1.82, 2.24) is 19.4 Å². The van der Waals surface area contributed by atoms with Crippen LogP contribution < -0.4 is 0 Å². The first-order valence-electron chi connectivity index (χ1n) is 6.26. The third-order valence-electron chi connectivity index (χ3n) is 3.12. The van der Waals surface area contributed by atoms with Crippen molar-refractivity contribution >= 4 is 34.4 Å². The van der Waals surface area contributed by atoms with E-state index in [2.05, 4.69) is 40.5 Å². The van der Waals surface area contributed by atoms with E-state index in [1.165, 1.54) is 0 Å². The average Bonchev–Trinajstić information content (AvgIpc) is 2.73. The Kier molecular flexibility index (Phi) is 4.66. The quantitative estimate of drug-likeness (QED) is 0.794. The largest absolute Gasteiger partial charge is 0.309 e. The van der Waals surface area contributed by atoms with Gasteiger partial charge in [0, 0.05) is 12.2 Å².